The Morgan fingerprint density at radius 1 is 1.17 bits per heavy atom. The smallest absolute Gasteiger partial charge is 0.0243 e. The first kappa shape index (κ1) is 16.0. The van der Waals surface area contributed by atoms with E-state index in [1.165, 1.54) is 32.4 Å². The van der Waals surface area contributed by atoms with Gasteiger partial charge in [-0.2, -0.15) is 0 Å². The Morgan fingerprint density at radius 3 is 2.44 bits per heavy atom. The zero-order valence-corrected chi connectivity index (χ0v) is 13.2. The Hall–Kier alpha value is -0.0800. The molecule has 18 heavy (non-hydrogen) atoms. The van der Waals surface area contributed by atoms with E-state index in [4.69, 9.17) is 0 Å². The van der Waals surface area contributed by atoms with Gasteiger partial charge in [0.15, 0.2) is 0 Å². The summed E-state index contributed by atoms with van der Waals surface area (Å²) in [6.45, 7) is 16.6. The van der Waals surface area contributed by atoms with E-state index in [0.717, 1.165) is 36.9 Å². The maximum Gasteiger partial charge on any atom is 0.0243 e. The van der Waals surface area contributed by atoms with Gasteiger partial charge in [0.2, 0.25) is 0 Å². The Morgan fingerprint density at radius 2 is 1.89 bits per heavy atom. The second kappa shape index (κ2) is 8.16. The van der Waals surface area contributed by atoms with Crippen LogP contribution in [0.5, 0.6) is 0 Å². The normalized spacial score (nSPS) is 23.8. The van der Waals surface area contributed by atoms with Crippen molar-refractivity contribution in [1.82, 2.24) is 10.2 Å². The van der Waals surface area contributed by atoms with Crippen molar-refractivity contribution in [3.05, 3.63) is 0 Å². The average Bonchev–Trinajstić information content (AvgIpc) is 2.34. The summed E-state index contributed by atoms with van der Waals surface area (Å²) in [6, 6.07) is 0.720. The highest BCUT2D eigenvalue weighted by Gasteiger charge is 2.26. The molecule has 108 valence electrons. The fourth-order valence-corrected chi connectivity index (χ4v) is 3.04. The van der Waals surface area contributed by atoms with Gasteiger partial charge < -0.3 is 5.32 Å². The van der Waals surface area contributed by atoms with Crippen LogP contribution in [0, 0.1) is 17.8 Å². The lowest BCUT2D eigenvalue weighted by atomic mass is 9.92. The maximum absolute atomic E-state index is 3.65. The first-order valence-corrected chi connectivity index (χ1v) is 7.99. The molecule has 0 aromatic carbocycles. The van der Waals surface area contributed by atoms with Gasteiger partial charge in [-0.05, 0) is 43.7 Å². The second-order valence-electron chi connectivity index (χ2n) is 6.77. The van der Waals surface area contributed by atoms with Gasteiger partial charge in [0.05, 0.1) is 0 Å². The molecule has 1 heterocycles. The van der Waals surface area contributed by atoms with Crippen molar-refractivity contribution in [2.24, 2.45) is 17.8 Å². The summed E-state index contributed by atoms with van der Waals surface area (Å²) in [4.78, 5) is 2.75. The summed E-state index contributed by atoms with van der Waals surface area (Å²) < 4.78 is 0. The summed E-state index contributed by atoms with van der Waals surface area (Å²) in [7, 11) is 0. The van der Waals surface area contributed by atoms with E-state index in [9.17, 15) is 0 Å². The van der Waals surface area contributed by atoms with E-state index in [1.54, 1.807) is 0 Å². The van der Waals surface area contributed by atoms with Gasteiger partial charge in [-0.1, -0.05) is 41.0 Å². The first-order valence-electron chi connectivity index (χ1n) is 7.99. The molecule has 0 aromatic rings. The first-order chi connectivity index (χ1) is 8.54. The highest BCUT2D eigenvalue weighted by molar-refractivity contribution is 4.82. The monoisotopic (exact) mass is 254 g/mol. The number of hydrogen-bond donors (Lipinski definition) is 1. The lowest BCUT2D eigenvalue weighted by molar-refractivity contribution is 0.0928. The van der Waals surface area contributed by atoms with Crippen LogP contribution in [-0.2, 0) is 0 Å². The largest absolute Gasteiger partial charge is 0.315 e. The molecule has 2 nitrogen and oxygen atoms in total. The average molecular weight is 254 g/mol. The molecule has 2 heteroatoms. The van der Waals surface area contributed by atoms with Crippen molar-refractivity contribution >= 4 is 0 Å². The summed E-state index contributed by atoms with van der Waals surface area (Å²) >= 11 is 0. The fourth-order valence-electron chi connectivity index (χ4n) is 3.04. The van der Waals surface area contributed by atoms with Crippen LogP contribution in [0.4, 0.5) is 0 Å². The zero-order valence-electron chi connectivity index (χ0n) is 13.2. The lowest BCUT2D eigenvalue weighted by Gasteiger charge is -2.40. The summed E-state index contributed by atoms with van der Waals surface area (Å²) in [6.07, 6.45) is 4.18. The second-order valence-corrected chi connectivity index (χ2v) is 6.77. The van der Waals surface area contributed by atoms with E-state index in [-0.39, 0.29) is 0 Å². The van der Waals surface area contributed by atoms with Crippen LogP contribution in [0.1, 0.15) is 53.9 Å². The molecule has 1 fully saturated rings. The zero-order chi connectivity index (χ0) is 13.5. The Bertz CT molecular complexity index is 213. The van der Waals surface area contributed by atoms with Crippen LogP contribution < -0.4 is 5.32 Å². The van der Waals surface area contributed by atoms with Crippen LogP contribution in [0.3, 0.4) is 0 Å². The topological polar surface area (TPSA) is 15.3 Å². The number of rotatable bonds is 7. The molecule has 1 aliphatic heterocycles. The molecule has 0 spiro atoms. The SMILES string of the molecule is CCC1CCCN(C(CNCC(C)C)C(C)C)C1. The van der Waals surface area contributed by atoms with Crippen LogP contribution in [-0.4, -0.2) is 37.1 Å². The molecule has 1 rings (SSSR count). The Labute approximate surface area is 115 Å². The molecule has 2 atom stereocenters. The molecule has 0 saturated carbocycles. The van der Waals surface area contributed by atoms with Gasteiger partial charge in [-0.3, -0.25) is 4.90 Å². The minimum absolute atomic E-state index is 0.720. The molecule has 0 bridgehead atoms. The predicted octanol–water partition coefficient (Wildman–Crippen LogP) is 3.38. The third-order valence-corrected chi connectivity index (χ3v) is 4.27. The number of nitrogens with one attached hydrogen (secondary N) is 1. The van der Waals surface area contributed by atoms with Crippen LogP contribution >= 0.6 is 0 Å². The minimum atomic E-state index is 0.720. The molecule has 0 radical (unpaired) electrons. The van der Waals surface area contributed by atoms with Crippen LogP contribution in [0.2, 0.25) is 0 Å². The summed E-state index contributed by atoms with van der Waals surface area (Å²) in [5, 5.41) is 3.65. The minimum Gasteiger partial charge on any atom is -0.315 e. The molecular formula is C16H34N2. The standard InChI is InChI=1S/C16H34N2/c1-6-15-8-7-9-18(12-15)16(14(4)5)11-17-10-13(2)3/h13-17H,6-12H2,1-5H3. The highest BCUT2D eigenvalue weighted by Crippen LogP contribution is 2.23. The molecule has 0 aromatic heterocycles. The molecule has 1 saturated heterocycles. The molecule has 1 N–H and O–H groups in total. The Kier molecular flexibility index (Phi) is 7.25. The number of likely N-dealkylation sites (tertiary alicyclic amines) is 1. The van der Waals surface area contributed by atoms with Gasteiger partial charge in [-0.15, -0.1) is 0 Å². The third-order valence-electron chi connectivity index (χ3n) is 4.27. The summed E-state index contributed by atoms with van der Waals surface area (Å²) in [5.41, 5.74) is 0. The molecular weight excluding hydrogens is 220 g/mol. The third kappa shape index (κ3) is 5.27. The highest BCUT2D eigenvalue weighted by atomic mass is 15.2. The molecule has 1 aliphatic rings. The van der Waals surface area contributed by atoms with Crippen molar-refractivity contribution in [2.75, 3.05) is 26.2 Å². The van der Waals surface area contributed by atoms with E-state index >= 15 is 0 Å². The van der Waals surface area contributed by atoms with Crippen molar-refractivity contribution in [3.8, 4) is 0 Å². The number of piperidine rings is 1. The van der Waals surface area contributed by atoms with Crippen molar-refractivity contribution in [1.29, 1.82) is 0 Å². The van der Waals surface area contributed by atoms with Crippen molar-refractivity contribution in [3.63, 3.8) is 0 Å². The van der Waals surface area contributed by atoms with Gasteiger partial charge in [0.1, 0.15) is 0 Å². The number of nitrogens with zero attached hydrogens (tertiary/aromatic N) is 1. The van der Waals surface area contributed by atoms with Gasteiger partial charge in [0.25, 0.3) is 0 Å². The van der Waals surface area contributed by atoms with E-state index < -0.39 is 0 Å². The predicted molar refractivity (Wildman–Crippen MR) is 80.9 cm³/mol. The summed E-state index contributed by atoms with van der Waals surface area (Å²) in [5.74, 6) is 2.44. The fraction of sp³-hybridized carbons (Fsp3) is 1.00. The van der Waals surface area contributed by atoms with Crippen LogP contribution in [0.25, 0.3) is 0 Å². The van der Waals surface area contributed by atoms with Crippen molar-refractivity contribution < 1.29 is 0 Å². The van der Waals surface area contributed by atoms with Crippen molar-refractivity contribution in [2.45, 2.75) is 59.9 Å². The van der Waals surface area contributed by atoms with Gasteiger partial charge >= 0.3 is 0 Å². The van der Waals surface area contributed by atoms with Crippen LogP contribution in [0.15, 0.2) is 0 Å². The maximum atomic E-state index is 3.65. The van der Waals surface area contributed by atoms with E-state index in [0.29, 0.717) is 0 Å². The quantitative estimate of drug-likeness (QED) is 0.749. The van der Waals surface area contributed by atoms with Gasteiger partial charge in [0, 0.05) is 19.1 Å². The van der Waals surface area contributed by atoms with E-state index in [1.807, 2.05) is 0 Å². The van der Waals surface area contributed by atoms with E-state index in [2.05, 4.69) is 44.8 Å². The van der Waals surface area contributed by atoms with Gasteiger partial charge in [-0.25, -0.2) is 0 Å². The lowest BCUT2D eigenvalue weighted by Crippen LogP contribution is -2.50. The molecule has 0 aliphatic carbocycles. The molecule has 2 unspecified atom stereocenters. The Balaban J connectivity index is 2.44. The molecule has 0 amide bonds. The number of hydrogen-bond acceptors (Lipinski definition) is 2.